The van der Waals surface area contributed by atoms with Crippen LogP contribution in [0, 0.1) is 0 Å². The van der Waals surface area contributed by atoms with Crippen molar-refractivity contribution >= 4 is 39.4 Å². The Hall–Kier alpha value is -2.67. The molecule has 2 aromatic rings. The predicted molar refractivity (Wildman–Crippen MR) is 106 cm³/mol. The second kappa shape index (κ2) is 10.5. The predicted octanol–water partition coefficient (Wildman–Crippen LogP) is 3.59. The number of hydrogen-bond donors (Lipinski definition) is 2. The number of carbonyl (C=O) groups excluding carboxylic acids is 3. The minimum Gasteiger partial charge on any atom is -0.456 e. The Morgan fingerprint density at radius 1 is 0.963 bits per heavy atom. The maximum absolute atomic E-state index is 11.9. The third-order valence-corrected chi connectivity index (χ3v) is 4.25. The number of halogens is 1. The lowest BCUT2D eigenvalue weighted by Gasteiger charge is -2.14. The van der Waals surface area contributed by atoms with E-state index in [2.05, 4.69) is 26.6 Å². The molecule has 27 heavy (non-hydrogen) atoms. The van der Waals surface area contributed by atoms with Crippen LogP contribution in [0.4, 0.5) is 5.69 Å². The Bertz CT molecular complexity index is 778. The van der Waals surface area contributed by atoms with Crippen molar-refractivity contribution in [2.45, 2.75) is 25.8 Å². The van der Waals surface area contributed by atoms with Crippen molar-refractivity contribution in [2.24, 2.45) is 0 Å². The van der Waals surface area contributed by atoms with E-state index in [0.717, 1.165) is 10.0 Å². The van der Waals surface area contributed by atoms with Crippen molar-refractivity contribution in [3.05, 3.63) is 64.6 Å². The van der Waals surface area contributed by atoms with E-state index >= 15 is 0 Å². The zero-order valence-corrected chi connectivity index (χ0v) is 16.5. The molecule has 0 aliphatic carbocycles. The van der Waals surface area contributed by atoms with Gasteiger partial charge in [-0.25, -0.2) is 0 Å². The van der Waals surface area contributed by atoms with Crippen LogP contribution in [0.15, 0.2) is 59.1 Å². The molecule has 2 N–H and O–H groups in total. The monoisotopic (exact) mass is 432 g/mol. The summed E-state index contributed by atoms with van der Waals surface area (Å²) in [5, 5.41) is 5.44. The van der Waals surface area contributed by atoms with Gasteiger partial charge < -0.3 is 15.4 Å². The van der Waals surface area contributed by atoms with Gasteiger partial charge in [-0.15, -0.1) is 0 Å². The third kappa shape index (κ3) is 7.62. The van der Waals surface area contributed by atoms with E-state index < -0.39 is 5.97 Å². The molecule has 2 rings (SSSR count). The molecule has 0 fully saturated rings. The van der Waals surface area contributed by atoms with E-state index in [1.54, 1.807) is 24.3 Å². The van der Waals surface area contributed by atoms with Gasteiger partial charge in [0, 0.05) is 16.6 Å². The van der Waals surface area contributed by atoms with Crippen LogP contribution >= 0.6 is 15.9 Å². The fourth-order valence-corrected chi connectivity index (χ4v) is 2.56. The molecule has 6 nitrogen and oxygen atoms in total. The van der Waals surface area contributed by atoms with Crippen molar-refractivity contribution in [1.82, 2.24) is 5.32 Å². The zero-order valence-electron chi connectivity index (χ0n) is 14.9. The topological polar surface area (TPSA) is 84.5 Å². The van der Waals surface area contributed by atoms with Crippen LogP contribution in [-0.2, 0) is 19.1 Å². The summed E-state index contributed by atoms with van der Waals surface area (Å²) in [5.41, 5.74) is 1.60. The van der Waals surface area contributed by atoms with E-state index in [-0.39, 0.29) is 37.3 Å². The lowest BCUT2D eigenvalue weighted by atomic mass is 10.1. The highest BCUT2D eigenvalue weighted by molar-refractivity contribution is 9.10. The number of rotatable bonds is 8. The number of ether oxygens (including phenoxy) is 1. The molecule has 2 amide bonds. The Labute approximate surface area is 166 Å². The van der Waals surface area contributed by atoms with Gasteiger partial charge in [0.25, 0.3) is 5.91 Å². The average molecular weight is 433 g/mol. The molecule has 0 aromatic heterocycles. The molecule has 0 aliphatic rings. The lowest BCUT2D eigenvalue weighted by molar-refractivity contribution is -0.149. The molecule has 2 aromatic carbocycles. The first-order valence-corrected chi connectivity index (χ1v) is 9.28. The summed E-state index contributed by atoms with van der Waals surface area (Å²) in [4.78, 5) is 35.4. The normalized spacial score (nSPS) is 11.3. The number of carbonyl (C=O) groups is 3. The smallest absolute Gasteiger partial charge is 0.306 e. The van der Waals surface area contributed by atoms with Crippen LogP contribution in [-0.4, -0.2) is 24.4 Å². The Morgan fingerprint density at radius 2 is 1.63 bits per heavy atom. The molecule has 0 saturated heterocycles. The molecule has 0 unspecified atom stereocenters. The van der Waals surface area contributed by atoms with Gasteiger partial charge in [0.15, 0.2) is 6.61 Å². The minimum absolute atomic E-state index is 0.0169. The minimum atomic E-state index is -0.594. The van der Waals surface area contributed by atoms with Crippen molar-refractivity contribution in [2.75, 3.05) is 11.9 Å². The van der Waals surface area contributed by atoms with Crippen LogP contribution in [0.1, 0.15) is 31.4 Å². The molecule has 1 atom stereocenters. The molecule has 0 heterocycles. The van der Waals surface area contributed by atoms with Crippen LogP contribution in [0.5, 0.6) is 0 Å². The largest absolute Gasteiger partial charge is 0.456 e. The molecule has 7 heteroatoms. The number of amides is 2. The standard InChI is InChI=1S/C20H21BrN2O4/c1-14(15-5-3-2-4-6-15)22-19(25)13-27-20(26)12-11-18(24)23-17-9-7-16(21)8-10-17/h2-10,14H,11-13H2,1H3,(H,22,25)(H,23,24)/t14-/m1/s1. The Balaban J connectivity index is 1.65. The van der Waals surface area contributed by atoms with Gasteiger partial charge in [-0.3, -0.25) is 14.4 Å². The van der Waals surface area contributed by atoms with Gasteiger partial charge in [-0.1, -0.05) is 46.3 Å². The summed E-state index contributed by atoms with van der Waals surface area (Å²) in [7, 11) is 0. The van der Waals surface area contributed by atoms with Crippen LogP contribution in [0.2, 0.25) is 0 Å². The summed E-state index contributed by atoms with van der Waals surface area (Å²) in [5.74, 6) is -1.28. The number of anilines is 1. The zero-order chi connectivity index (χ0) is 19.6. The van der Waals surface area contributed by atoms with Crippen molar-refractivity contribution in [3.63, 3.8) is 0 Å². The van der Waals surface area contributed by atoms with E-state index in [1.165, 1.54) is 0 Å². The van der Waals surface area contributed by atoms with Crippen LogP contribution < -0.4 is 10.6 Å². The van der Waals surface area contributed by atoms with E-state index in [4.69, 9.17) is 4.74 Å². The fraction of sp³-hybridized carbons (Fsp3) is 0.250. The molecule has 142 valence electrons. The Kier molecular flexibility index (Phi) is 8.00. The van der Waals surface area contributed by atoms with E-state index in [1.807, 2.05) is 37.3 Å². The first-order valence-electron chi connectivity index (χ1n) is 8.49. The second-order valence-electron chi connectivity index (χ2n) is 5.92. The quantitative estimate of drug-likeness (QED) is 0.624. The lowest BCUT2D eigenvalue weighted by Crippen LogP contribution is -2.31. The Morgan fingerprint density at radius 3 is 2.30 bits per heavy atom. The van der Waals surface area contributed by atoms with E-state index in [9.17, 15) is 14.4 Å². The maximum atomic E-state index is 11.9. The molecule has 0 bridgehead atoms. The first-order chi connectivity index (χ1) is 12.9. The number of nitrogens with one attached hydrogen (secondary N) is 2. The number of hydrogen-bond acceptors (Lipinski definition) is 4. The molecule has 0 aliphatic heterocycles. The van der Waals surface area contributed by atoms with Gasteiger partial charge in [-0.2, -0.15) is 0 Å². The summed E-state index contributed by atoms with van der Waals surface area (Å²) in [6.07, 6.45) is -0.110. The van der Waals surface area contributed by atoms with Crippen molar-refractivity contribution < 1.29 is 19.1 Å². The maximum Gasteiger partial charge on any atom is 0.306 e. The van der Waals surface area contributed by atoms with Crippen molar-refractivity contribution in [3.8, 4) is 0 Å². The first kappa shape index (κ1) is 20.6. The van der Waals surface area contributed by atoms with Gasteiger partial charge in [0.05, 0.1) is 12.5 Å². The number of benzene rings is 2. The van der Waals surface area contributed by atoms with Gasteiger partial charge in [0.1, 0.15) is 0 Å². The SMILES string of the molecule is C[C@@H](NC(=O)COC(=O)CCC(=O)Nc1ccc(Br)cc1)c1ccccc1. The van der Waals surface area contributed by atoms with Crippen LogP contribution in [0.3, 0.4) is 0 Å². The van der Waals surface area contributed by atoms with Gasteiger partial charge >= 0.3 is 5.97 Å². The average Bonchev–Trinajstić information content (AvgIpc) is 2.67. The van der Waals surface area contributed by atoms with Gasteiger partial charge in [0.2, 0.25) is 5.91 Å². The second-order valence-corrected chi connectivity index (χ2v) is 6.83. The summed E-state index contributed by atoms with van der Waals surface area (Å²) >= 11 is 3.31. The van der Waals surface area contributed by atoms with Crippen LogP contribution in [0.25, 0.3) is 0 Å². The van der Waals surface area contributed by atoms with E-state index in [0.29, 0.717) is 5.69 Å². The summed E-state index contributed by atoms with van der Waals surface area (Å²) in [6, 6.07) is 16.4. The molecule has 0 saturated carbocycles. The fourth-order valence-electron chi connectivity index (χ4n) is 2.30. The molecule has 0 spiro atoms. The van der Waals surface area contributed by atoms with Gasteiger partial charge in [-0.05, 0) is 36.8 Å². The summed E-state index contributed by atoms with van der Waals surface area (Å²) in [6.45, 7) is 1.48. The molecule has 0 radical (unpaired) electrons. The third-order valence-electron chi connectivity index (χ3n) is 3.73. The highest BCUT2D eigenvalue weighted by Gasteiger charge is 2.13. The molecular formula is C20H21BrN2O4. The molecular weight excluding hydrogens is 412 g/mol. The van der Waals surface area contributed by atoms with Crippen molar-refractivity contribution in [1.29, 1.82) is 0 Å². The summed E-state index contributed by atoms with van der Waals surface area (Å²) < 4.78 is 5.83. The highest BCUT2D eigenvalue weighted by Crippen LogP contribution is 2.14. The number of esters is 1. The highest BCUT2D eigenvalue weighted by atomic mass is 79.9.